The molecule has 0 unspecified atom stereocenters. The molecule has 1 N–H and O–H groups in total. The van der Waals surface area contributed by atoms with Crippen LogP contribution in [0, 0.1) is 0 Å². The summed E-state index contributed by atoms with van der Waals surface area (Å²) in [6.07, 6.45) is -0.294. The quantitative estimate of drug-likeness (QED) is 0.573. The second kappa shape index (κ2) is 8.36. The molecule has 3 rings (SSSR count). The zero-order chi connectivity index (χ0) is 21.1. The fourth-order valence-corrected chi connectivity index (χ4v) is 2.93. The van der Waals surface area contributed by atoms with Gasteiger partial charge in [-0.2, -0.15) is 0 Å². The smallest absolute Gasteiger partial charge is 0.338 e. The Bertz CT molecular complexity index is 998. The molecule has 0 bridgehead atoms. The number of nitrogens with zero attached hydrogens (tertiary/aromatic N) is 1. The third-order valence-corrected chi connectivity index (χ3v) is 4.42. The van der Waals surface area contributed by atoms with E-state index in [0.717, 1.165) is 4.90 Å². The third-order valence-electron chi connectivity index (χ3n) is 4.07. The summed E-state index contributed by atoms with van der Waals surface area (Å²) in [5.41, 5.74) is 0.973. The summed E-state index contributed by atoms with van der Waals surface area (Å²) >= 11 is 6.14. The molecule has 0 fully saturated rings. The Morgan fingerprint density at radius 2 is 1.76 bits per heavy atom. The molecule has 1 heterocycles. The molecule has 1 aliphatic heterocycles. The van der Waals surface area contributed by atoms with Crippen molar-refractivity contribution in [1.82, 2.24) is 0 Å². The zero-order valence-corrected chi connectivity index (χ0v) is 16.8. The van der Waals surface area contributed by atoms with E-state index in [0.29, 0.717) is 11.4 Å². The summed E-state index contributed by atoms with van der Waals surface area (Å²) in [4.78, 5) is 38.5. The monoisotopic (exact) mass is 414 g/mol. The minimum absolute atomic E-state index is 0.0445. The molecule has 7 nitrogen and oxygen atoms in total. The molecule has 2 aromatic carbocycles. The van der Waals surface area contributed by atoms with Gasteiger partial charge in [0.15, 0.2) is 0 Å². The van der Waals surface area contributed by atoms with Gasteiger partial charge in [0.25, 0.3) is 11.8 Å². The molecule has 0 aromatic heterocycles. The molecule has 0 saturated heterocycles. The van der Waals surface area contributed by atoms with Crippen molar-refractivity contribution < 1.29 is 23.9 Å². The number of carbonyl (C=O) groups excluding carboxylic acids is 3. The van der Waals surface area contributed by atoms with Crippen molar-refractivity contribution in [3.8, 4) is 5.75 Å². The SMILES string of the molecule is COc1ccc(NC2=C(Cl)C(=O)N(c3cccc(C(=O)OC(C)C)c3)C2=O)cc1. The number of carbonyl (C=O) groups is 3. The van der Waals surface area contributed by atoms with Crippen LogP contribution in [0.25, 0.3) is 0 Å². The van der Waals surface area contributed by atoms with Gasteiger partial charge in [0.2, 0.25) is 0 Å². The van der Waals surface area contributed by atoms with E-state index in [-0.39, 0.29) is 28.1 Å². The number of benzene rings is 2. The van der Waals surface area contributed by atoms with Gasteiger partial charge in [0.1, 0.15) is 16.5 Å². The first kappa shape index (κ1) is 20.4. The van der Waals surface area contributed by atoms with Gasteiger partial charge >= 0.3 is 5.97 Å². The highest BCUT2D eigenvalue weighted by Crippen LogP contribution is 2.31. The van der Waals surface area contributed by atoms with E-state index >= 15 is 0 Å². The van der Waals surface area contributed by atoms with Crippen LogP contribution in [0.2, 0.25) is 0 Å². The number of methoxy groups -OCH3 is 1. The summed E-state index contributed by atoms with van der Waals surface area (Å²) in [5.74, 6) is -1.19. The van der Waals surface area contributed by atoms with Crippen molar-refractivity contribution in [3.05, 3.63) is 64.8 Å². The van der Waals surface area contributed by atoms with Crippen LogP contribution in [0.1, 0.15) is 24.2 Å². The Morgan fingerprint density at radius 1 is 1.07 bits per heavy atom. The molecule has 0 aliphatic carbocycles. The first-order valence-electron chi connectivity index (χ1n) is 8.82. The zero-order valence-electron chi connectivity index (χ0n) is 16.1. The minimum Gasteiger partial charge on any atom is -0.497 e. The predicted molar refractivity (Wildman–Crippen MR) is 109 cm³/mol. The van der Waals surface area contributed by atoms with Crippen LogP contribution in [0.15, 0.2) is 59.3 Å². The van der Waals surface area contributed by atoms with Crippen LogP contribution in [-0.4, -0.2) is 31.0 Å². The van der Waals surface area contributed by atoms with Gasteiger partial charge in [-0.25, -0.2) is 9.69 Å². The van der Waals surface area contributed by atoms with Crippen LogP contribution < -0.4 is 15.0 Å². The lowest BCUT2D eigenvalue weighted by Gasteiger charge is -2.16. The molecule has 0 spiro atoms. The van der Waals surface area contributed by atoms with Gasteiger partial charge in [-0.1, -0.05) is 17.7 Å². The Kier molecular flexibility index (Phi) is 5.89. The fourth-order valence-electron chi connectivity index (χ4n) is 2.72. The largest absolute Gasteiger partial charge is 0.497 e. The molecule has 0 radical (unpaired) electrons. The summed E-state index contributed by atoms with van der Waals surface area (Å²) in [6.45, 7) is 3.46. The molecule has 0 atom stereocenters. The Hall–Kier alpha value is -3.32. The van der Waals surface area contributed by atoms with E-state index in [9.17, 15) is 14.4 Å². The van der Waals surface area contributed by atoms with Gasteiger partial charge in [0.05, 0.1) is 24.5 Å². The van der Waals surface area contributed by atoms with Gasteiger partial charge in [-0.05, 0) is 56.3 Å². The van der Waals surface area contributed by atoms with Crippen molar-refractivity contribution in [3.63, 3.8) is 0 Å². The maximum absolute atomic E-state index is 12.9. The second-order valence-corrected chi connectivity index (χ2v) is 6.87. The lowest BCUT2D eigenvalue weighted by molar-refractivity contribution is -0.120. The number of esters is 1. The molecule has 2 amide bonds. The number of rotatable bonds is 6. The first-order valence-corrected chi connectivity index (χ1v) is 9.20. The lowest BCUT2D eigenvalue weighted by atomic mass is 10.2. The number of imide groups is 1. The van der Waals surface area contributed by atoms with Gasteiger partial charge in [-0.15, -0.1) is 0 Å². The molecule has 1 aliphatic rings. The van der Waals surface area contributed by atoms with E-state index in [1.54, 1.807) is 63.4 Å². The van der Waals surface area contributed by atoms with Crippen molar-refractivity contribution in [2.45, 2.75) is 20.0 Å². The van der Waals surface area contributed by atoms with E-state index in [2.05, 4.69) is 5.32 Å². The average molecular weight is 415 g/mol. The van der Waals surface area contributed by atoms with Crippen molar-refractivity contribution in [2.75, 3.05) is 17.3 Å². The number of halogens is 1. The van der Waals surface area contributed by atoms with E-state index in [1.807, 2.05) is 0 Å². The number of anilines is 2. The molecule has 150 valence electrons. The summed E-state index contributed by atoms with van der Waals surface area (Å²) in [7, 11) is 1.55. The molecule has 8 heteroatoms. The maximum Gasteiger partial charge on any atom is 0.338 e. The van der Waals surface area contributed by atoms with E-state index < -0.39 is 17.8 Å². The van der Waals surface area contributed by atoms with Crippen LogP contribution in [0.3, 0.4) is 0 Å². The summed E-state index contributed by atoms with van der Waals surface area (Å²) in [6, 6.07) is 12.9. The summed E-state index contributed by atoms with van der Waals surface area (Å²) < 4.78 is 10.3. The fraction of sp³-hybridized carbons (Fsp3) is 0.190. The summed E-state index contributed by atoms with van der Waals surface area (Å²) in [5, 5.41) is 2.64. The van der Waals surface area contributed by atoms with Crippen molar-refractivity contribution in [2.24, 2.45) is 0 Å². The Morgan fingerprint density at radius 3 is 2.38 bits per heavy atom. The number of hydrogen-bond acceptors (Lipinski definition) is 6. The first-order chi connectivity index (χ1) is 13.8. The number of hydrogen-bond donors (Lipinski definition) is 1. The van der Waals surface area contributed by atoms with E-state index in [4.69, 9.17) is 21.1 Å². The molecule has 2 aromatic rings. The van der Waals surface area contributed by atoms with Crippen LogP contribution in [0.5, 0.6) is 5.75 Å². The third kappa shape index (κ3) is 4.25. The molecular formula is C21H19ClN2O5. The van der Waals surface area contributed by atoms with Gasteiger partial charge in [0, 0.05) is 5.69 Å². The van der Waals surface area contributed by atoms with Crippen molar-refractivity contribution in [1.29, 1.82) is 0 Å². The highest BCUT2D eigenvalue weighted by atomic mass is 35.5. The normalized spacial score (nSPS) is 13.9. The minimum atomic E-state index is -0.679. The average Bonchev–Trinajstić information content (AvgIpc) is 2.91. The van der Waals surface area contributed by atoms with Crippen molar-refractivity contribution >= 4 is 40.8 Å². The van der Waals surface area contributed by atoms with E-state index in [1.165, 1.54) is 6.07 Å². The van der Waals surface area contributed by atoms with Crippen LogP contribution in [0.4, 0.5) is 11.4 Å². The molecule has 29 heavy (non-hydrogen) atoms. The molecular weight excluding hydrogens is 396 g/mol. The maximum atomic E-state index is 12.9. The predicted octanol–water partition coefficient (Wildman–Crippen LogP) is 3.70. The van der Waals surface area contributed by atoms with Crippen LogP contribution >= 0.6 is 11.6 Å². The highest BCUT2D eigenvalue weighted by Gasteiger charge is 2.39. The molecule has 0 saturated carbocycles. The number of amides is 2. The highest BCUT2D eigenvalue weighted by molar-refractivity contribution is 6.53. The van der Waals surface area contributed by atoms with Gasteiger partial charge < -0.3 is 14.8 Å². The Balaban J connectivity index is 1.85. The Labute approximate surface area is 172 Å². The number of nitrogens with one attached hydrogen (secondary N) is 1. The lowest BCUT2D eigenvalue weighted by Crippen LogP contribution is -2.32. The topological polar surface area (TPSA) is 84.9 Å². The standard InChI is InChI=1S/C21H19ClN2O5/c1-12(2)29-21(27)13-5-4-6-15(11-13)24-19(25)17(22)18(20(24)26)23-14-7-9-16(28-3)10-8-14/h4-12,23H,1-3H3. The number of ether oxygens (including phenoxy) is 2. The van der Waals surface area contributed by atoms with Crippen LogP contribution in [-0.2, 0) is 14.3 Å². The van der Waals surface area contributed by atoms with Gasteiger partial charge in [-0.3, -0.25) is 9.59 Å². The second-order valence-electron chi connectivity index (χ2n) is 6.49.